The number of nitrogens with zero attached hydrogens (tertiary/aromatic N) is 4. The number of benzene rings is 2. The fourth-order valence-corrected chi connectivity index (χ4v) is 5.33. The van der Waals surface area contributed by atoms with Crippen molar-refractivity contribution < 1.29 is 4.79 Å². The number of thiophene rings is 1. The first kappa shape index (κ1) is 21.4. The van der Waals surface area contributed by atoms with Gasteiger partial charge in [-0.1, -0.05) is 67.2 Å². The van der Waals surface area contributed by atoms with Crippen LogP contribution in [-0.2, 0) is 17.8 Å². The van der Waals surface area contributed by atoms with Gasteiger partial charge in [-0.2, -0.15) is 0 Å². The molecule has 9 heteroatoms. The van der Waals surface area contributed by atoms with Crippen molar-refractivity contribution in [3.8, 4) is 0 Å². The molecule has 1 N–H and O–H groups in total. The molecule has 1 amide bonds. The van der Waals surface area contributed by atoms with E-state index in [0.29, 0.717) is 22.2 Å². The summed E-state index contributed by atoms with van der Waals surface area (Å²) in [4.78, 5) is 25.8. The van der Waals surface area contributed by atoms with E-state index in [4.69, 9.17) is 0 Å². The van der Waals surface area contributed by atoms with E-state index in [1.807, 2.05) is 70.4 Å². The summed E-state index contributed by atoms with van der Waals surface area (Å²) < 4.78 is 4.15. The SMILES string of the molecule is CCc1ccccc1NC(=O)CSc1nnc2n(Cc3ccccc3)c(=O)c3sccc3n12. The summed E-state index contributed by atoms with van der Waals surface area (Å²) in [5.74, 6) is 0.535. The molecule has 0 spiro atoms. The highest BCUT2D eigenvalue weighted by Crippen LogP contribution is 2.25. The lowest BCUT2D eigenvalue weighted by molar-refractivity contribution is -0.113. The molecule has 0 saturated heterocycles. The van der Waals surface area contributed by atoms with Crippen LogP contribution in [-0.4, -0.2) is 30.8 Å². The van der Waals surface area contributed by atoms with E-state index in [0.717, 1.165) is 28.8 Å². The van der Waals surface area contributed by atoms with Crippen LogP contribution in [0.15, 0.2) is 76.0 Å². The lowest BCUT2D eigenvalue weighted by atomic mass is 10.1. The van der Waals surface area contributed by atoms with Gasteiger partial charge in [0.05, 0.1) is 17.8 Å². The minimum absolute atomic E-state index is 0.0887. The second-order valence-corrected chi connectivity index (χ2v) is 9.34. The summed E-state index contributed by atoms with van der Waals surface area (Å²) in [6, 6.07) is 19.5. The van der Waals surface area contributed by atoms with E-state index >= 15 is 0 Å². The van der Waals surface area contributed by atoms with Gasteiger partial charge in [0.15, 0.2) is 5.16 Å². The zero-order valence-corrected chi connectivity index (χ0v) is 19.5. The van der Waals surface area contributed by atoms with Crippen molar-refractivity contribution in [2.45, 2.75) is 25.0 Å². The highest BCUT2D eigenvalue weighted by atomic mass is 32.2. The molecule has 0 unspecified atom stereocenters. The first-order valence-corrected chi connectivity index (χ1v) is 12.4. The number of hydrogen-bond acceptors (Lipinski definition) is 6. The number of carbonyl (C=O) groups excluding carboxylic acids is 1. The zero-order chi connectivity index (χ0) is 22.8. The maximum atomic E-state index is 13.2. The van der Waals surface area contributed by atoms with Crippen molar-refractivity contribution in [3.05, 3.63) is 87.5 Å². The molecule has 33 heavy (non-hydrogen) atoms. The van der Waals surface area contributed by atoms with Gasteiger partial charge in [-0.3, -0.25) is 18.6 Å². The Morgan fingerprint density at radius 3 is 2.67 bits per heavy atom. The Bertz CT molecular complexity index is 1500. The number of nitrogens with one attached hydrogen (secondary N) is 1. The van der Waals surface area contributed by atoms with Crippen LogP contribution in [0.4, 0.5) is 5.69 Å². The number of fused-ring (bicyclic) bond motifs is 3. The molecule has 5 aromatic rings. The number of carbonyl (C=O) groups is 1. The number of rotatable bonds is 7. The summed E-state index contributed by atoms with van der Waals surface area (Å²) in [6.07, 6.45) is 0.841. The maximum absolute atomic E-state index is 13.2. The van der Waals surface area contributed by atoms with Gasteiger partial charge in [-0.05, 0) is 35.1 Å². The molecule has 0 bridgehead atoms. The number of aromatic nitrogens is 4. The molecule has 0 aliphatic carbocycles. The monoisotopic (exact) mass is 475 g/mol. The molecule has 2 aromatic carbocycles. The molecule has 3 heterocycles. The molecule has 7 nitrogen and oxygen atoms in total. The van der Waals surface area contributed by atoms with Gasteiger partial charge < -0.3 is 5.32 Å². The van der Waals surface area contributed by atoms with Crippen LogP contribution in [0.3, 0.4) is 0 Å². The molecule has 0 atom stereocenters. The fraction of sp³-hybridized carbons (Fsp3) is 0.167. The quantitative estimate of drug-likeness (QED) is 0.352. The second kappa shape index (κ2) is 9.21. The van der Waals surface area contributed by atoms with E-state index in [-0.39, 0.29) is 17.2 Å². The van der Waals surface area contributed by atoms with Crippen molar-refractivity contribution >= 4 is 50.7 Å². The number of amides is 1. The van der Waals surface area contributed by atoms with E-state index in [9.17, 15) is 9.59 Å². The Morgan fingerprint density at radius 2 is 1.85 bits per heavy atom. The predicted octanol–water partition coefficient (Wildman–Crippen LogP) is 4.45. The van der Waals surface area contributed by atoms with E-state index in [1.165, 1.54) is 23.1 Å². The van der Waals surface area contributed by atoms with Crippen LogP contribution in [0.25, 0.3) is 16.0 Å². The molecule has 0 saturated carbocycles. The highest BCUT2D eigenvalue weighted by molar-refractivity contribution is 7.99. The smallest absolute Gasteiger partial charge is 0.273 e. The molecule has 0 fully saturated rings. The van der Waals surface area contributed by atoms with Gasteiger partial charge in [-0.15, -0.1) is 21.5 Å². The van der Waals surface area contributed by atoms with Crippen molar-refractivity contribution in [2.24, 2.45) is 0 Å². The number of anilines is 1. The summed E-state index contributed by atoms with van der Waals surface area (Å²) in [6.45, 7) is 2.46. The number of hydrogen-bond donors (Lipinski definition) is 1. The van der Waals surface area contributed by atoms with Gasteiger partial charge in [0, 0.05) is 5.69 Å². The minimum Gasteiger partial charge on any atom is -0.325 e. The summed E-state index contributed by atoms with van der Waals surface area (Å²) >= 11 is 2.70. The van der Waals surface area contributed by atoms with Gasteiger partial charge in [-0.25, -0.2) is 0 Å². The van der Waals surface area contributed by atoms with Gasteiger partial charge in [0.25, 0.3) is 5.56 Å². The molecular formula is C24H21N5O2S2. The van der Waals surface area contributed by atoms with Crippen LogP contribution in [0.5, 0.6) is 0 Å². The third-order valence-electron chi connectivity index (χ3n) is 5.37. The Hall–Kier alpha value is -3.43. The molecule has 3 aromatic heterocycles. The predicted molar refractivity (Wildman–Crippen MR) is 133 cm³/mol. The Morgan fingerprint density at radius 1 is 1.06 bits per heavy atom. The molecule has 166 valence electrons. The second-order valence-electron chi connectivity index (χ2n) is 7.48. The fourth-order valence-electron chi connectivity index (χ4n) is 3.77. The molecule has 5 rings (SSSR count). The highest BCUT2D eigenvalue weighted by Gasteiger charge is 2.19. The van der Waals surface area contributed by atoms with Crippen molar-refractivity contribution in [3.63, 3.8) is 0 Å². The van der Waals surface area contributed by atoms with E-state index < -0.39 is 0 Å². The molecule has 0 aliphatic heterocycles. The summed E-state index contributed by atoms with van der Waals surface area (Å²) in [7, 11) is 0. The van der Waals surface area contributed by atoms with E-state index in [2.05, 4.69) is 22.4 Å². The Labute approximate surface area is 198 Å². The number of para-hydroxylation sites is 1. The zero-order valence-electron chi connectivity index (χ0n) is 17.9. The average Bonchev–Trinajstić information content (AvgIpc) is 3.49. The normalized spacial score (nSPS) is 11.3. The lowest BCUT2D eigenvalue weighted by Gasteiger charge is -2.10. The Kier molecular flexibility index (Phi) is 5.97. The largest absolute Gasteiger partial charge is 0.325 e. The van der Waals surface area contributed by atoms with Crippen LogP contribution >= 0.6 is 23.1 Å². The Balaban J connectivity index is 1.46. The van der Waals surface area contributed by atoms with Crippen molar-refractivity contribution in [1.82, 2.24) is 19.2 Å². The lowest BCUT2D eigenvalue weighted by Crippen LogP contribution is -2.23. The average molecular weight is 476 g/mol. The third kappa shape index (κ3) is 4.17. The van der Waals surface area contributed by atoms with Crippen LogP contribution in [0, 0.1) is 0 Å². The van der Waals surface area contributed by atoms with Gasteiger partial charge in [0.2, 0.25) is 11.7 Å². The van der Waals surface area contributed by atoms with E-state index in [1.54, 1.807) is 4.57 Å². The summed E-state index contributed by atoms with van der Waals surface area (Å²) in [5, 5.41) is 14.1. The number of thioether (sulfide) groups is 1. The van der Waals surface area contributed by atoms with Crippen LogP contribution in [0.1, 0.15) is 18.1 Å². The third-order valence-corrected chi connectivity index (χ3v) is 7.19. The van der Waals surface area contributed by atoms with Crippen molar-refractivity contribution in [2.75, 3.05) is 11.1 Å². The van der Waals surface area contributed by atoms with Gasteiger partial charge in [0.1, 0.15) is 4.70 Å². The molecule has 0 aliphatic rings. The first-order chi connectivity index (χ1) is 16.2. The standard InChI is InChI=1S/C24H21N5O2S2/c1-2-17-10-6-7-11-18(17)25-20(30)15-33-24-27-26-23-28(14-16-8-4-3-5-9-16)22(31)21-19(29(23)24)12-13-32-21/h3-13H,2,14-15H2,1H3,(H,25,30). The van der Waals surface area contributed by atoms with Gasteiger partial charge >= 0.3 is 0 Å². The maximum Gasteiger partial charge on any atom is 0.273 e. The van der Waals surface area contributed by atoms with Crippen LogP contribution < -0.4 is 10.9 Å². The number of aryl methyl sites for hydroxylation is 1. The summed E-state index contributed by atoms with van der Waals surface area (Å²) in [5.41, 5.74) is 3.59. The first-order valence-electron chi connectivity index (χ1n) is 10.6. The molecule has 0 radical (unpaired) electrons. The van der Waals surface area contributed by atoms with Crippen LogP contribution in [0.2, 0.25) is 0 Å². The minimum atomic E-state index is -0.114. The molecular weight excluding hydrogens is 454 g/mol. The van der Waals surface area contributed by atoms with Crippen molar-refractivity contribution in [1.29, 1.82) is 0 Å². The topological polar surface area (TPSA) is 81.3 Å².